The fourth-order valence-corrected chi connectivity index (χ4v) is 3.76. The van der Waals surface area contributed by atoms with Gasteiger partial charge in [0.15, 0.2) is 5.17 Å². The number of amidine groups is 1. The van der Waals surface area contributed by atoms with E-state index in [1.165, 1.54) is 11.8 Å². The smallest absolute Gasteiger partial charge is 0.240 e. The highest BCUT2D eigenvalue weighted by atomic mass is 35.5. The first kappa shape index (κ1) is 21.1. The van der Waals surface area contributed by atoms with E-state index in [1.54, 1.807) is 12.1 Å². The first-order chi connectivity index (χ1) is 13.8. The second-order valence-corrected chi connectivity index (χ2v) is 8.32. The highest BCUT2D eigenvalue weighted by Crippen LogP contribution is 2.24. The van der Waals surface area contributed by atoms with E-state index in [4.69, 9.17) is 11.6 Å². The predicted molar refractivity (Wildman–Crippen MR) is 120 cm³/mol. The summed E-state index contributed by atoms with van der Waals surface area (Å²) in [6.07, 6.45) is 0.0583. The molecule has 1 fully saturated rings. The van der Waals surface area contributed by atoms with Gasteiger partial charge in [-0.1, -0.05) is 47.6 Å². The normalized spacial score (nSPS) is 18.1. The third-order valence-corrected chi connectivity index (χ3v) is 5.90. The second kappa shape index (κ2) is 9.24. The van der Waals surface area contributed by atoms with Crippen LogP contribution in [0, 0.1) is 13.8 Å². The van der Waals surface area contributed by atoms with Crippen molar-refractivity contribution in [1.82, 2.24) is 5.32 Å². The number of halogens is 1. The van der Waals surface area contributed by atoms with Gasteiger partial charge in [0, 0.05) is 17.1 Å². The van der Waals surface area contributed by atoms with Gasteiger partial charge in [0.2, 0.25) is 11.8 Å². The quantitative estimate of drug-likeness (QED) is 0.550. The minimum Gasteiger partial charge on any atom is -0.326 e. The van der Waals surface area contributed by atoms with Gasteiger partial charge in [-0.3, -0.25) is 9.59 Å². The van der Waals surface area contributed by atoms with Gasteiger partial charge in [0.05, 0.1) is 5.71 Å². The fraction of sp³-hybridized carbons (Fsp3) is 0.238. The number of rotatable bonds is 5. The van der Waals surface area contributed by atoms with Crippen molar-refractivity contribution in [2.75, 3.05) is 5.32 Å². The van der Waals surface area contributed by atoms with Crippen molar-refractivity contribution >= 4 is 51.7 Å². The van der Waals surface area contributed by atoms with Crippen LogP contribution in [-0.2, 0) is 9.59 Å². The summed E-state index contributed by atoms with van der Waals surface area (Å²) in [4.78, 5) is 24.6. The molecule has 0 radical (unpaired) electrons. The maximum atomic E-state index is 12.4. The van der Waals surface area contributed by atoms with Crippen LogP contribution in [0.2, 0.25) is 5.02 Å². The summed E-state index contributed by atoms with van der Waals surface area (Å²) in [6.45, 7) is 5.76. The van der Waals surface area contributed by atoms with Crippen molar-refractivity contribution in [3.8, 4) is 0 Å². The lowest BCUT2D eigenvalue weighted by Gasteiger charge is -2.11. The van der Waals surface area contributed by atoms with E-state index >= 15 is 0 Å². The SMILES string of the molecule is CC(=NN=C1NC(=O)C(CC(=O)Nc2cccc(C)c2C)S1)c1ccc(Cl)cc1. The van der Waals surface area contributed by atoms with E-state index in [9.17, 15) is 9.59 Å². The zero-order valence-electron chi connectivity index (χ0n) is 16.3. The van der Waals surface area contributed by atoms with E-state index in [0.717, 1.165) is 22.4 Å². The van der Waals surface area contributed by atoms with Crippen molar-refractivity contribution in [1.29, 1.82) is 0 Å². The number of nitrogens with zero attached hydrogens (tertiary/aromatic N) is 2. The Morgan fingerprint density at radius 1 is 1.21 bits per heavy atom. The molecule has 2 amide bonds. The first-order valence-electron chi connectivity index (χ1n) is 9.05. The molecule has 1 saturated heterocycles. The summed E-state index contributed by atoms with van der Waals surface area (Å²) in [6, 6.07) is 13.0. The predicted octanol–water partition coefficient (Wildman–Crippen LogP) is 4.30. The lowest BCUT2D eigenvalue weighted by Crippen LogP contribution is -2.28. The van der Waals surface area contributed by atoms with Gasteiger partial charge in [-0.2, -0.15) is 5.10 Å². The maximum absolute atomic E-state index is 12.4. The number of carbonyl (C=O) groups is 2. The van der Waals surface area contributed by atoms with Crippen molar-refractivity contribution in [2.45, 2.75) is 32.4 Å². The van der Waals surface area contributed by atoms with Crippen molar-refractivity contribution < 1.29 is 9.59 Å². The zero-order chi connectivity index (χ0) is 21.0. The van der Waals surface area contributed by atoms with Crippen LogP contribution in [0.3, 0.4) is 0 Å². The van der Waals surface area contributed by atoms with Crippen LogP contribution >= 0.6 is 23.4 Å². The number of hydrogen-bond acceptors (Lipinski definition) is 5. The molecule has 1 atom stereocenters. The van der Waals surface area contributed by atoms with Gasteiger partial charge in [-0.25, -0.2) is 0 Å². The summed E-state index contributed by atoms with van der Waals surface area (Å²) in [5, 5.41) is 14.3. The maximum Gasteiger partial charge on any atom is 0.240 e. The Balaban J connectivity index is 1.61. The summed E-state index contributed by atoms with van der Waals surface area (Å²) in [7, 11) is 0. The topological polar surface area (TPSA) is 82.9 Å². The molecule has 0 bridgehead atoms. The van der Waals surface area contributed by atoms with Crippen LogP contribution in [0.5, 0.6) is 0 Å². The van der Waals surface area contributed by atoms with E-state index in [1.807, 2.05) is 51.1 Å². The van der Waals surface area contributed by atoms with Gasteiger partial charge in [0.1, 0.15) is 5.25 Å². The molecular formula is C21H21ClN4O2S. The number of nitrogens with one attached hydrogen (secondary N) is 2. The number of carbonyl (C=O) groups excluding carboxylic acids is 2. The van der Waals surface area contributed by atoms with Crippen molar-refractivity contribution in [3.63, 3.8) is 0 Å². The molecule has 3 rings (SSSR count). The lowest BCUT2D eigenvalue weighted by atomic mass is 10.1. The van der Waals surface area contributed by atoms with Gasteiger partial charge < -0.3 is 10.6 Å². The molecule has 1 aliphatic rings. The van der Waals surface area contributed by atoms with E-state index in [2.05, 4.69) is 20.8 Å². The molecule has 29 heavy (non-hydrogen) atoms. The van der Waals surface area contributed by atoms with Crippen LogP contribution in [0.15, 0.2) is 52.7 Å². The molecule has 8 heteroatoms. The molecule has 1 aliphatic heterocycles. The van der Waals surface area contributed by atoms with Crippen LogP contribution in [0.1, 0.15) is 30.0 Å². The van der Waals surface area contributed by atoms with Gasteiger partial charge >= 0.3 is 0 Å². The number of aryl methyl sites for hydroxylation is 1. The molecule has 0 aromatic heterocycles. The van der Waals surface area contributed by atoms with E-state index in [0.29, 0.717) is 15.9 Å². The Hall–Kier alpha value is -2.64. The average molecular weight is 429 g/mol. The molecule has 0 spiro atoms. The van der Waals surface area contributed by atoms with Crippen LogP contribution in [0.4, 0.5) is 5.69 Å². The summed E-state index contributed by atoms with van der Waals surface area (Å²) >= 11 is 7.09. The standard InChI is InChI=1S/C21H21ClN4O2S/c1-12-5-4-6-17(13(12)2)23-19(27)11-18-20(28)24-21(29-18)26-25-14(3)15-7-9-16(22)10-8-15/h4-10,18H,11H2,1-3H3,(H,23,27)(H,24,26,28). The Morgan fingerprint density at radius 2 is 1.93 bits per heavy atom. The molecule has 2 N–H and O–H groups in total. The zero-order valence-corrected chi connectivity index (χ0v) is 17.9. The molecule has 2 aromatic carbocycles. The molecule has 1 unspecified atom stereocenters. The molecule has 150 valence electrons. The lowest BCUT2D eigenvalue weighted by molar-refractivity contribution is -0.122. The Labute approximate surface area is 178 Å². The van der Waals surface area contributed by atoms with Crippen molar-refractivity contribution in [3.05, 3.63) is 64.2 Å². The highest BCUT2D eigenvalue weighted by molar-refractivity contribution is 8.15. The largest absolute Gasteiger partial charge is 0.326 e. The molecule has 6 nitrogen and oxygen atoms in total. The summed E-state index contributed by atoms with van der Waals surface area (Å²) in [5.41, 5.74) is 4.45. The van der Waals surface area contributed by atoms with Crippen LogP contribution in [0.25, 0.3) is 0 Å². The fourth-order valence-electron chi connectivity index (χ4n) is 2.71. The molecule has 2 aromatic rings. The number of thioether (sulfide) groups is 1. The summed E-state index contributed by atoms with van der Waals surface area (Å²) < 4.78 is 0. The first-order valence-corrected chi connectivity index (χ1v) is 10.3. The van der Waals surface area contributed by atoms with Crippen LogP contribution < -0.4 is 10.6 Å². The average Bonchev–Trinajstić information content (AvgIpc) is 3.03. The Morgan fingerprint density at radius 3 is 2.66 bits per heavy atom. The Bertz CT molecular complexity index is 1000. The second-order valence-electron chi connectivity index (χ2n) is 6.69. The number of benzene rings is 2. The third kappa shape index (κ3) is 5.46. The third-order valence-electron chi connectivity index (χ3n) is 4.58. The van der Waals surface area contributed by atoms with Gasteiger partial charge in [-0.05, 0) is 55.7 Å². The monoisotopic (exact) mass is 428 g/mol. The minimum atomic E-state index is -0.537. The Kier molecular flexibility index (Phi) is 6.71. The van der Waals surface area contributed by atoms with Gasteiger partial charge in [0.25, 0.3) is 0 Å². The van der Waals surface area contributed by atoms with Gasteiger partial charge in [-0.15, -0.1) is 5.10 Å². The van der Waals surface area contributed by atoms with E-state index < -0.39 is 5.25 Å². The highest BCUT2D eigenvalue weighted by Gasteiger charge is 2.32. The molecule has 0 aliphatic carbocycles. The van der Waals surface area contributed by atoms with Crippen LogP contribution in [-0.4, -0.2) is 27.9 Å². The molecular weight excluding hydrogens is 408 g/mol. The minimum absolute atomic E-state index is 0.0583. The van der Waals surface area contributed by atoms with Crippen molar-refractivity contribution in [2.24, 2.45) is 10.2 Å². The summed E-state index contributed by atoms with van der Waals surface area (Å²) in [5.74, 6) is -0.461. The van der Waals surface area contributed by atoms with E-state index in [-0.39, 0.29) is 18.2 Å². The number of hydrogen-bond donors (Lipinski definition) is 2. The number of amides is 2. The molecule has 1 heterocycles. The molecule has 0 saturated carbocycles. The number of anilines is 1.